The molecular formula is C15H15FN2O3. The highest BCUT2D eigenvalue weighted by Crippen LogP contribution is 2.28. The molecule has 0 unspecified atom stereocenters. The zero-order chi connectivity index (χ0) is 15.6. The molecule has 0 spiro atoms. The molecule has 1 heterocycles. The third kappa shape index (κ3) is 3.16. The van der Waals surface area contributed by atoms with Crippen molar-refractivity contribution < 1.29 is 19.0 Å². The van der Waals surface area contributed by atoms with Crippen molar-refractivity contribution in [3.05, 3.63) is 47.3 Å². The van der Waals surface area contributed by atoms with Gasteiger partial charge in [0, 0.05) is 5.92 Å². The van der Waals surface area contributed by atoms with Crippen molar-refractivity contribution in [2.75, 3.05) is 0 Å². The summed E-state index contributed by atoms with van der Waals surface area (Å²) in [6.45, 7) is 5.29. The summed E-state index contributed by atoms with van der Waals surface area (Å²) in [4.78, 5) is 19.3. The van der Waals surface area contributed by atoms with Gasteiger partial charge in [-0.3, -0.25) is 0 Å². The largest absolute Gasteiger partial charge is 0.476 e. The number of aryl methyl sites for hydroxylation is 1. The average Bonchev–Trinajstić information content (AvgIpc) is 2.43. The van der Waals surface area contributed by atoms with Gasteiger partial charge in [-0.2, -0.15) is 0 Å². The summed E-state index contributed by atoms with van der Waals surface area (Å²) in [5.74, 6) is -1.56. The normalized spacial score (nSPS) is 10.7. The van der Waals surface area contributed by atoms with Crippen molar-refractivity contribution >= 4 is 5.97 Å². The molecule has 1 aromatic heterocycles. The Balaban J connectivity index is 2.44. The van der Waals surface area contributed by atoms with Gasteiger partial charge in [0.2, 0.25) is 0 Å². The maximum absolute atomic E-state index is 13.9. The monoisotopic (exact) mass is 290 g/mol. The lowest BCUT2D eigenvalue weighted by Gasteiger charge is -2.11. The molecule has 1 aromatic carbocycles. The molecule has 1 N–H and O–H groups in total. The molecule has 5 nitrogen and oxygen atoms in total. The van der Waals surface area contributed by atoms with E-state index in [4.69, 9.17) is 4.74 Å². The maximum atomic E-state index is 13.9. The summed E-state index contributed by atoms with van der Waals surface area (Å²) in [6.07, 6.45) is 1.26. The van der Waals surface area contributed by atoms with Gasteiger partial charge in [0.15, 0.2) is 23.0 Å². The van der Waals surface area contributed by atoms with Crippen LogP contribution in [0.1, 0.15) is 41.6 Å². The first-order chi connectivity index (χ1) is 9.90. The van der Waals surface area contributed by atoms with Crippen LogP contribution in [0.25, 0.3) is 0 Å². The number of ether oxygens (including phenoxy) is 1. The number of carbonyl (C=O) groups is 1. The fourth-order valence-corrected chi connectivity index (χ4v) is 1.71. The van der Waals surface area contributed by atoms with Crippen LogP contribution in [0.5, 0.6) is 11.5 Å². The summed E-state index contributed by atoms with van der Waals surface area (Å²) in [7, 11) is 0. The smallest absolute Gasteiger partial charge is 0.358 e. The molecule has 0 saturated heterocycles. The lowest BCUT2D eigenvalue weighted by Crippen LogP contribution is -2.09. The second-order valence-corrected chi connectivity index (χ2v) is 4.89. The molecular weight excluding hydrogens is 275 g/mol. The number of hydrogen-bond acceptors (Lipinski definition) is 4. The summed E-state index contributed by atoms with van der Waals surface area (Å²) >= 11 is 0. The maximum Gasteiger partial charge on any atom is 0.358 e. The molecule has 0 aliphatic rings. The SMILES string of the molecule is Cc1cccc(Oc2cnc(C(C)C)nc2C(=O)O)c1F. The number of benzene rings is 1. The van der Waals surface area contributed by atoms with Gasteiger partial charge in [-0.1, -0.05) is 26.0 Å². The zero-order valence-electron chi connectivity index (χ0n) is 11.9. The second kappa shape index (κ2) is 5.87. The van der Waals surface area contributed by atoms with E-state index in [9.17, 15) is 14.3 Å². The van der Waals surface area contributed by atoms with E-state index in [1.807, 2.05) is 13.8 Å². The lowest BCUT2D eigenvalue weighted by molar-refractivity contribution is 0.0686. The summed E-state index contributed by atoms with van der Waals surface area (Å²) in [6, 6.07) is 4.64. The van der Waals surface area contributed by atoms with E-state index in [1.165, 1.54) is 12.3 Å². The molecule has 0 aliphatic heterocycles. The van der Waals surface area contributed by atoms with Crippen LogP contribution >= 0.6 is 0 Å². The van der Waals surface area contributed by atoms with E-state index < -0.39 is 11.8 Å². The van der Waals surface area contributed by atoms with E-state index in [0.29, 0.717) is 11.4 Å². The third-order valence-electron chi connectivity index (χ3n) is 2.87. The minimum Gasteiger partial charge on any atom is -0.476 e. The number of halogens is 1. The van der Waals surface area contributed by atoms with Crippen molar-refractivity contribution in [3.63, 3.8) is 0 Å². The predicted octanol–water partition coefficient (Wildman–Crippen LogP) is 3.54. The fraction of sp³-hybridized carbons (Fsp3) is 0.267. The van der Waals surface area contributed by atoms with Crippen molar-refractivity contribution in [2.24, 2.45) is 0 Å². The minimum atomic E-state index is -1.25. The zero-order valence-corrected chi connectivity index (χ0v) is 11.9. The highest BCUT2D eigenvalue weighted by Gasteiger charge is 2.19. The second-order valence-electron chi connectivity index (χ2n) is 4.89. The first-order valence-corrected chi connectivity index (χ1v) is 6.43. The van der Waals surface area contributed by atoms with Crippen LogP contribution in [0.4, 0.5) is 4.39 Å². The molecule has 6 heteroatoms. The Labute approximate surface area is 121 Å². The van der Waals surface area contributed by atoms with Gasteiger partial charge < -0.3 is 9.84 Å². The van der Waals surface area contributed by atoms with Crippen LogP contribution < -0.4 is 4.74 Å². The van der Waals surface area contributed by atoms with Crippen LogP contribution in [0.2, 0.25) is 0 Å². The van der Waals surface area contributed by atoms with Crippen molar-refractivity contribution in [3.8, 4) is 11.5 Å². The van der Waals surface area contributed by atoms with E-state index >= 15 is 0 Å². The average molecular weight is 290 g/mol. The Kier molecular flexibility index (Phi) is 4.16. The van der Waals surface area contributed by atoms with Crippen molar-refractivity contribution in [1.29, 1.82) is 0 Å². The standard InChI is InChI=1S/C15H15FN2O3/c1-8(2)14-17-7-11(13(18-14)15(19)20)21-10-6-4-5-9(3)12(10)16/h4-8H,1-3H3,(H,19,20). The van der Waals surface area contributed by atoms with Gasteiger partial charge in [0.05, 0.1) is 6.20 Å². The number of carboxylic acid groups (broad SMARTS) is 1. The Hall–Kier alpha value is -2.50. The van der Waals surface area contributed by atoms with E-state index in [-0.39, 0.29) is 23.1 Å². The topological polar surface area (TPSA) is 72.3 Å². The van der Waals surface area contributed by atoms with Gasteiger partial charge in [0.1, 0.15) is 5.82 Å². The molecule has 0 amide bonds. The quantitative estimate of drug-likeness (QED) is 0.932. The van der Waals surface area contributed by atoms with Crippen LogP contribution in [0.15, 0.2) is 24.4 Å². The highest BCUT2D eigenvalue weighted by atomic mass is 19.1. The Bertz CT molecular complexity index is 687. The number of aromatic nitrogens is 2. The van der Waals surface area contributed by atoms with Gasteiger partial charge in [-0.15, -0.1) is 0 Å². The number of carboxylic acids is 1. The lowest BCUT2D eigenvalue weighted by atomic mass is 10.2. The Morgan fingerprint density at radius 1 is 1.33 bits per heavy atom. The number of rotatable bonds is 4. The minimum absolute atomic E-state index is 0.0205. The van der Waals surface area contributed by atoms with Gasteiger partial charge in [-0.05, 0) is 18.6 Å². The Morgan fingerprint density at radius 2 is 2.05 bits per heavy atom. The highest BCUT2D eigenvalue weighted by molar-refractivity contribution is 5.88. The third-order valence-corrected chi connectivity index (χ3v) is 2.87. The van der Waals surface area contributed by atoms with Gasteiger partial charge in [0.25, 0.3) is 0 Å². The summed E-state index contributed by atoms with van der Waals surface area (Å²) in [5, 5.41) is 9.21. The molecule has 2 aromatic rings. The number of nitrogens with zero attached hydrogens (tertiary/aromatic N) is 2. The molecule has 0 saturated carbocycles. The molecule has 110 valence electrons. The summed E-state index contributed by atoms with van der Waals surface area (Å²) in [5.41, 5.74) is 0.124. The number of aromatic carboxylic acids is 1. The molecule has 21 heavy (non-hydrogen) atoms. The van der Waals surface area contributed by atoms with Crippen molar-refractivity contribution in [2.45, 2.75) is 26.7 Å². The molecule has 0 fully saturated rings. The van der Waals surface area contributed by atoms with Crippen LogP contribution in [-0.4, -0.2) is 21.0 Å². The van der Waals surface area contributed by atoms with Crippen LogP contribution in [0, 0.1) is 12.7 Å². The number of hydrogen-bond donors (Lipinski definition) is 1. The van der Waals surface area contributed by atoms with Crippen molar-refractivity contribution in [1.82, 2.24) is 9.97 Å². The van der Waals surface area contributed by atoms with E-state index in [1.54, 1.807) is 19.1 Å². The molecule has 2 rings (SSSR count). The Morgan fingerprint density at radius 3 is 2.67 bits per heavy atom. The van der Waals surface area contributed by atoms with Crippen LogP contribution in [-0.2, 0) is 0 Å². The van der Waals surface area contributed by atoms with Gasteiger partial charge in [-0.25, -0.2) is 19.2 Å². The molecule has 0 atom stereocenters. The van der Waals surface area contributed by atoms with E-state index in [2.05, 4.69) is 9.97 Å². The summed E-state index contributed by atoms with van der Waals surface area (Å²) < 4.78 is 19.3. The molecule has 0 bridgehead atoms. The molecule has 0 aliphatic carbocycles. The van der Waals surface area contributed by atoms with E-state index in [0.717, 1.165) is 0 Å². The fourth-order valence-electron chi connectivity index (χ4n) is 1.71. The first-order valence-electron chi connectivity index (χ1n) is 6.43. The van der Waals surface area contributed by atoms with Crippen LogP contribution in [0.3, 0.4) is 0 Å². The predicted molar refractivity (Wildman–Crippen MR) is 74.3 cm³/mol. The van der Waals surface area contributed by atoms with Gasteiger partial charge >= 0.3 is 5.97 Å². The first kappa shape index (κ1) is 14.9. The molecule has 0 radical (unpaired) electrons.